The van der Waals surface area contributed by atoms with E-state index in [2.05, 4.69) is 60.8 Å². The van der Waals surface area contributed by atoms with E-state index in [4.69, 9.17) is 0 Å². The first-order chi connectivity index (χ1) is 6.29. The number of hydrogen-bond acceptors (Lipinski definition) is 0. The molecule has 0 radical (unpaired) electrons. The molecule has 0 saturated heterocycles. The molecule has 85 valence electrons. The van der Waals surface area contributed by atoms with Crippen LogP contribution < -0.4 is 37.2 Å². The van der Waals surface area contributed by atoms with Gasteiger partial charge in [-0.15, -0.1) is 0 Å². The van der Waals surface area contributed by atoms with Crippen molar-refractivity contribution in [3.05, 3.63) is 51.8 Å². The van der Waals surface area contributed by atoms with Gasteiger partial charge in [-0.3, -0.25) is 0 Å². The minimum Gasteiger partial charge on any atom is -1.00 e. The summed E-state index contributed by atoms with van der Waals surface area (Å²) < 4.78 is 1.36. The van der Waals surface area contributed by atoms with Crippen LogP contribution >= 0.6 is 0 Å². The third kappa shape index (κ3) is 3.87. The molecule has 2 rings (SSSR count). The van der Waals surface area contributed by atoms with Crippen molar-refractivity contribution in [1.82, 2.24) is 0 Å². The SMILES string of the molecule is CC1=C(c2ccccc2)[C]([V+3])=CC1.[Cl-].[Cl-].[Cl-]. The minimum atomic E-state index is 0. The topological polar surface area (TPSA) is 0 Å². The smallest absolute Gasteiger partial charge is 1.00 e. The molecule has 4 heteroatoms. The molecule has 0 saturated carbocycles. The molecule has 0 nitrogen and oxygen atoms in total. The van der Waals surface area contributed by atoms with Gasteiger partial charge in [-0.25, -0.2) is 0 Å². The van der Waals surface area contributed by atoms with Crippen LogP contribution in [-0.2, 0) is 17.4 Å². The molecule has 16 heavy (non-hydrogen) atoms. The summed E-state index contributed by atoms with van der Waals surface area (Å²) in [7, 11) is 0. The molecule has 0 amide bonds. The predicted molar refractivity (Wildman–Crippen MR) is 51.7 cm³/mol. The maximum Gasteiger partial charge on any atom is -1.00 e. The fourth-order valence-electron chi connectivity index (χ4n) is 1.67. The molecular formula is C12H11Cl3V. The van der Waals surface area contributed by atoms with Gasteiger partial charge in [0.1, 0.15) is 0 Å². The monoisotopic (exact) mass is 311 g/mol. The van der Waals surface area contributed by atoms with Gasteiger partial charge in [0.05, 0.1) is 0 Å². The van der Waals surface area contributed by atoms with E-state index in [9.17, 15) is 0 Å². The van der Waals surface area contributed by atoms with Gasteiger partial charge in [0, 0.05) is 0 Å². The van der Waals surface area contributed by atoms with Crippen LogP contribution in [0.5, 0.6) is 0 Å². The van der Waals surface area contributed by atoms with Crippen molar-refractivity contribution < 1.29 is 54.6 Å². The van der Waals surface area contributed by atoms with Gasteiger partial charge in [-0.1, -0.05) is 0 Å². The number of allylic oxidation sites excluding steroid dienone is 4. The second-order valence-electron chi connectivity index (χ2n) is 3.31. The average molecular weight is 313 g/mol. The Kier molecular flexibility index (Phi) is 9.58. The number of rotatable bonds is 1. The van der Waals surface area contributed by atoms with Gasteiger partial charge < -0.3 is 37.2 Å². The van der Waals surface area contributed by atoms with E-state index in [0.717, 1.165) is 6.42 Å². The molecule has 0 unspecified atom stereocenters. The van der Waals surface area contributed by atoms with Crippen molar-refractivity contribution in [1.29, 1.82) is 0 Å². The Bertz CT molecular complexity index is 383. The molecular weight excluding hydrogens is 301 g/mol. The molecule has 1 aliphatic rings. The van der Waals surface area contributed by atoms with Crippen molar-refractivity contribution in [3.8, 4) is 0 Å². The summed E-state index contributed by atoms with van der Waals surface area (Å²) >= 11 is 2.66. The van der Waals surface area contributed by atoms with Gasteiger partial charge >= 0.3 is 88.2 Å². The van der Waals surface area contributed by atoms with Crippen LogP contribution in [0.1, 0.15) is 18.9 Å². The Labute approximate surface area is 125 Å². The average Bonchev–Trinajstić information content (AvgIpc) is 2.48. The molecule has 0 spiro atoms. The molecule has 0 aliphatic heterocycles. The molecule has 0 fully saturated rings. The Morgan fingerprint density at radius 1 is 1.00 bits per heavy atom. The van der Waals surface area contributed by atoms with E-state index in [1.807, 2.05) is 0 Å². The minimum absolute atomic E-state index is 0. The van der Waals surface area contributed by atoms with E-state index in [-0.39, 0.29) is 37.2 Å². The zero-order valence-corrected chi connectivity index (χ0v) is 12.4. The molecule has 0 atom stereocenters. The molecule has 1 aromatic carbocycles. The first kappa shape index (κ1) is 18.5. The van der Waals surface area contributed by atoms with Crippen LogP contribution in [0.2, 0.25) is 0 Å². The van der Waals surface area contributed by atoms with Gasteiger partial charge in [0.2, 0.25) is 0 Å². The summed E-state index contributed by atoms with van der Waals surface area (Å²) in [5.74, 6) is 0. The van der Waals surface area contributed by atoms with Crippen LogP contribution in [0.4, 0.5) is 0 Å². The third-order valence-corrected chi connectivity index (χ3v) is 2.98. The second kappa shape index (κ2) is 8.28. The number of halogens is 3. The summed E-state index contributed by atoms with van der Waals surface area (Å²) in [6.45, 7) is 2.21. The normalized spacial score (nSPS) is 13.3. The largest absolute Gasteiger partial charge is 1.00 e. The van der Waals surface area contributed by atoms with E-state index >= 15 is 0 Å². The van der Waals surface area contributed by atoms with Crippen LogP contribution in [0.25, 0.3) is 5.57 Å². The van der Waals surface area contributed by atoms with Crippen LogP contribution in [0.3, 0.4) is 0 Å². The molecule has 1 aromatic rings. The fraction of sp³-hybridized carbons (Fsp3) is 0.167. The van der Waals surface area contributed by atoms with Crippen molar-refractivity contribution >= 4 is 5.57 Å². The zero-order chi connectivity index (χ0) is 9.26. The second-order valence-corrected chi connectivity index (χ2v) is 4.07. The Morgan fingerprint density at radius 3 is 2.00 bits per heavy atom. The maximum atomic E-state index is 2.66. The van der Waals surface area contributed by atoms with Gasteiger partial charge in [0.15, 0.2) is 0 Å². The zero-order valence-electron chi connectivity index (χ0n) is 8.75. The molecule has 0 aromatic heterocycles. The maximum absolute atomic E-state index is 2.66. The van der Waals surface area contributed by atoms with Crippen LogP contribution in [-0.4, -0.2) is 0 Å². The molecule has 0 N–H and O–H groups in total. The molecule has 1 aliphatic carbocycles. The van der Waals surface area contributed by atoms with Gasteiger partial charge in [-0.05, 0) is 0 Å². The molecule has 0 bridgehead atoms. The van der Waals surface area contributed by atoms with Crippen molar-refractivity contribution in [2.45, 2.75) is 13.3 Å². The summed E-state index contributed by atoms with van der Waals surface area (Å²) in [5.41, 5.74) is 4.23. The predicted octanol–water partition coefficient (Wildman–Crippen LogP) is -5.69. The van der Waals surface area contributed by atoms with E-state index in [1.165, 1.54) is 21.0 Å². The summed E-state index contributed by atoms with van der Waals surface area (Å²) in [4.78, 5) is 0. The van der Waals surface area contributed by atoms with E-state index < -0.39 is 0 Å². The van der Waals surface area contributed by atoms with E-state index in [1.54, 1.807) is 0 Å². The first-order valence-corrected chi connectivity index (χ1v) is 5.13. The van der Waals surface area contributed by atoms with E-state index in [0.29, 0.717) is 0 Å². The summed E-state index contributed by atoms with van der Waals surface area (Å²) in [6.07, 6.45) is 3.38. The van der Waals surface area contributed by atoms with Crippen molar-refractivity contribution in [2.24, 2.45) is 0 Å². The van der Waals surface area contributed by atoms with Gasteiger partial charge in [0.25, 0.3) is 0 Å². The Morgan fingerprint density at radius 2 is 1.56 bits per heavy atom. The van der Waals surface area contributed by atoms with Crippen molar-refractivity contribution in [3.63, 3.8) is 0 Å². The first-order valence-electron chi connectivity index (χ1n) is 4.43. The Balaban J connectivity index is 0. The van der Waals surface area contributed by atoms with Crippen LogP contribution in [0.15, 0.2) is 46.3 Å². The van der Waals surface area contributed by atoms with Crippen molar-refractivity contribution in [2.75, 3.05) is 0 Å². The fourth-order valence-corrected chi connectivity index (χ4v) is 2.31. The Hall–Kier alpha value is 0.154. The van der Waals surface area contributed by atoms with Gasteiger partial charge in [-0.2, -0.15) is 0 Å². The van der Waals surface area contributed by atoms with Crippen LogP contribution in [0, 0.1) is 0 Å². The number of benzene rings is 1. The standard InChI is InChI=1S/C12H11.3ClH.V/c1-10-6-5-9-12(10)11-7-3-2-4-8-11;;;;/h2-5,7-8H,6H2,1H3;3*1H;/q;;;;+3/p-3. The quantitative estimate of drug-likeness (QED) is 0.485. The summed E-state index contributed by atoms with van der Waals surface area (Å²) in [5, 5.41) is 0. The third-order valence-electron chi connectivity index (χ3n) is 2.35. The number of hydrogen-bond donors (Lipinski definition) is 0. The summed E-state index contributed by atoms with van der Waals surface area (Å²) in [6, 6.07) is 10.6. The molecule has 0 heterocycles.